The molecular weight excluding hydrogens is 375 g/mol. The molecule has 1 amide bonds. The quantitative estimate of drug-likeness (QED) is 0.643. The Balaban J connectivity index is 1.77. The molecule has 0 bridgehead atoms. The number of pyridine rings is 1. The van der Waals surface area contributed by atoms with Crippen molar-refractivity contribution in [2.75, 3.05) is 5.32 Å². The summed E-state index contributed by atoms with van der Waals surface area (Å²) in [5, 5.41) is 12.1. The van der Waals surface area contributed by atoms with Crippen molar-refractivity contribution in [2.24, 2.45) is 0 Å². The summed E-state index contributed by atoms with van der Waals surface area (Å²) in [5.74, 6) is -0.822. The van der Waals surface area contributed by atoms with Crippen molar-refractivity contribution in [2.45, 2.75) is 26.7 Å². The lowest BCUT2D eigenvalue weighted by atomic mass is 10.1. The van der Waals surface area contributed by atoms with Gasteiger partial charge in [-0.25, -0.2) is 4.39 Å². The fraction of sp³-hybridized carbons (Fsp3) is 0.182. The largest absolute Gasteiger partial charge is 0.483 e. The van der Waals surface area contributed by atoms with Gasteiger partial charge in [0.05, 0.1) is 12.8 Å². The van der Waals surface area contributed by atoms with E-state index in [9.17, 15) is 19.1 Å². The predicted octanol–water partition coefficient (Wildman–Crippen LogP) is 3.01. The molecule has 2 aromatic carbocycles. The number of carbonyl (C=O) groups is 1. The van der Waals surface area contributed by atoms with Gasteiger partial charge in [0.15, 0.2) is 5.75 Å². The zero-order valence-electron chi connectivity index (χ0n) is 15.9. The van der Waals surface area contributed by atoms with Gasteiger partial charge in [0.25, 0.3) is 0 Å². The molecule has 6 nitrogen and oxygen atoms in total. The van der Waals surface area contributed by atoms with Gasteiger partial charge in [-0.2, -0.15) is 0 Å². The number of hydrogen-bond acceptors (Lipinski definition) is 4. The van der Waals surface area contributed by atoms with Crippen molar-refractivity contribution in [3.63, 3.8) is 0 Å². The summed E-state index contributed by atoms with van der Waals surface area (Å²) in [7, 11) is 0. The smallest absolute Gasteiger partial charge is 0.244 e. The molecule has 3 rings (SSSR count). The predicted molar refractivity (Wildman–Crippen MR) is 107 cm³/mol. The van der Waals surface area contributed by atoms with Crippen LogP contribution in [0.5, 0.6) is 5.75 Å². The van der Waals surface area contributed by atoms with E-state index >= 15 is 0 Å². The number of anilines is 1. The van der Waals surface area contributed by atoms with Gasteiger partial charge < -0.3 is 19.7 Å². The molecule has 7 heteroatoms. The number of aliphatic hydroxyl groups excluding tert-OH is 1. The number of nitrogens with one attached hydrogen (secondary N) is 1. The van der Waals surface area contributed by atoms with Gasteiger partial charge in [0.1, 0.15) is 19.0 Å². The zero-order chi connectivity index (χ0) is 20.8. The monoisotopic (exact) mass is 396 g/mol. The third-order valence-electron chi connectivity index (χ3n) is 4.41. The first kappa shape index (κ1) is 20.3. The number of aliphatic hydroxyl groups is 1. The Kier molecular flexibility index (Phi) is 6.41. The van der Waals surface area contributed by atoms with Gasteiger partial charge in [-0.05, 0) is 36.2 Å². The third-order valence-corrected chi connectivity index (χ3v) is 4.41. The van der Waals surface area contributed by atoms with Crippen LogP contribution in [-0.2, 0) is 24.6 Å². The van der Waals surface area contributed by atoms with Crippen LogP contribution in [0.25, 0.3) is 0 Å². The average molecular weight is 396 g/mol. The summed E-state index contributed by atoms with van der Waals surface area (Å²) in [6.07, 6.45) is 1.40. The number of aromatic nitrogens is 1. The normalized spacial score (nSPS) is 10.6. The SMILES string of the molecule is Cc1ccccc1COc1cn(CC(=O)Nc2cccc(F)c2)c(CO)cc1=O. The first-order chi connectivity index (χ1) is 14.0. The van der Waals surface area contributed by atoms with E-state index in [2.05, 4.69) is 5.32 Å². The van der Waals surface area contributed by atoms with Crippen LogP contribution >= 0.6 is 0 Å². The maximum Gasteiger partial charge on any atom is 0.244 e. The molecule has 1 aromatic heterocycles. The van der Waals surface area contributed by atoms with Gasteiger partial charge in [-0.1, -0.05) is 30.3 Å². The Bertz CT molecular complexity index is 1080. The lowest BCUT2D eigenvalue weighted by Crippen LogP contribution is -2.23. The standard InChI is InChI=1S/C22H21FN2O4/c1-15-5-2-3-6-16(15)14-29-21-11-25(19(13-26)10-20(21)27)12-22(28)24-18-8-4-7-17(23)9-18/h2-11,26H,12-14H2,1H3,(H,24,28). The van der Waals surface area contributed by atoms with Crippen molar-refractivity contribution in [3.8, 4) is 5.75 Å². The van der Waals surface area contributed by atoms with Crippen molar-refractivity contribution in [1.82, 2.24) is 4.57 Å². The number of aryl methyl sites for hydroxylation is 1. The topological polar surface area (TPSA) is 80.6 Å². The number of halogens is 1. The number of ether oxygens (including phenoxy) is 1. The van der Waals surface area contributed by atoms with Gasteiger partial charge in [0, 0.05) is 17.4 Å². The molecule has 29 heavy (non-hydrogen) atoms. The number of benzene rings is 2. The van der Waals surface area contributed by atoms with E-state index in [-0.39, 0.29) is 30.0 Å². The van der Waals surface area contributed by atoms with Crippen LogP contribution < -0.4 is 15.5 Å². The van der Waals surface area contributed by atoms with E-state index in [0.29, 0.717) is 5.69 Å². The van der Waals surface area contributed by atoms with Crippen LogP contribution in [-0.4, -0.2) is 15.6 Å². The van der Waals surface area contributed by atoms with Gasteiger partial charge in [-0.15, -0.1) is 0 Å². The van der Waals surface area contributed by atoms with Crippen LogP contribution in [0.1, 0.15) is 16.8 Å². The molecule has 150 valence electrons. The highest BCUT2D eigenvalue weighted by Crippen LogP contribution is 2.14. The lowest BCUT2D eigenvalue weighted by molar-refractivity contribution is -0.116. The second-order valence-corrected chi connectivity index (χ2v) is 6.55. The van der Waals surface area contributed by atoms with Crippen LogP contribution in [0.15, 0.2) is 65.6 Å². The Labute approximate surface area is 167 Å². The number of carbonyl (C=O) groups excluding carboxylic acids is 1. The summed E-state index contributed by atoms with van der Waals surface area (Å²) >= 11 is 0. The van der Waals surface area contributed by atoms with E-state index in [1.54, 1.807) is 6.07 Å². The van der Waals surface area contributed by atoms with E-state index < -0.39 is 18.3 Å². The lowest BCUT2D eigenvalue weighted by Gasteiger charge is -2.15. The van der Waals surface area contributed by atoms with E-state index in [4.69, 9.17) is 4.74 Å². The summed E-state index contributed by atoms with van der Waals surface area (Å²) in [5.41, 5.74) is 2.18. The van der Waals surface area contributed by atoms with Crippen molar-refractivity contribution in [1.29, 1.82) is 0 Å². The van der Waals surface area contributed by atoms with Crippen LogP contribution in [0.3, 0.4) is 0 Å². The second kappa shape index (κ2) is 9.16. The number of nitrogens with zero attached hydrogens (tertiary/aromatic N) is 1. The number of rotatable bonds is 7. The van der Waals surface area contributed by atoms with E-state index in [1.807, 2.05) is 31.2 Å². The molecule has 0 aliphatic heterocycles. The molecule has 0 radical (unpaired) electrons. The minimum Gasteiger partial charge on any atom is -0.483 e. The average Bonchev–Trinajstić information content (AvgIpc) is 2.69. The number of amides is 1. The first-order valence-electron chi connectivity index (χ1n) is 9.03. The highest BCUT2D eigenvalue weighted by atomic mass is 19.1. The summed E-state index contributed by atoms with van der Waals surface area (Å²) in [6.45, 7) is 1.56. The summed E-state index contributed by atoms with van der Waals surface area (Å²) in [4.78, 5) is 24.6. The second-order valence-electron chi connectivity index (χ2n) is 6.55. The maximum atomic E-state index is 13.3. The van der Waals surface area contributed by atoms with Crippen molar-refractivity contribution in [3.05, 3.63) is 93.7 Å². The molecule has 0 aliphatic carbocycles. The maximum absolute atomic E-state index is 13.3. The van der Waals surface area contributed by atoms with Gasteiger partial charge in [0.2, 0.25) is 11.3 Å². The summed E-state index contributed by atoms with van der Waals surface area (Å²) < 4.78 is 20.4. The molecule has 0 fully saturated rings. The van der Waals surface area contributed by atoms with Crippen LogP contribution in [0.4, 0.5) is 10.1 Å². The molecule has 0 saturated carbocycles. The highest BCUT2D eigenvalue weighted by Gasteiger charge is 2.12. The van der Waals surface area contributed by atoms with E-state index in [0.717, 1.165) is 11.1 Å². The first-order valence-corrected chi connectivity index (χ1v) is 9.03. The molecular formula is C22H21FN2O4. The molecule has 0 aliphatic rings. The Hall–Kier alpha value is -3.45. The van der Waals surface area contributed by atoms with Gasteiger partial charge in [-0.3, -0.25) is 9.59 Å². The van der Waals surface area contributed by atoms with E-state index in [1.165, 1.54) is 35.0 Å². The Morgan fingerprint density at radius 2 is 1.97 bits per heavy atom. The summed E-state index contributed by atoms with van der Waals surface area (Å²) in [6, 6.07) is 14.4. The number of hydrogen-bond donors (Lipinski definition) is 2. The Morgan fingerprint density at radius 3 is 2.69 bits per heavy atom. The van der Waals surface area contributed by atoms with Crippen molar-refractivity contribution >= 4 is 11.6 Å². The molecule has 0 saturated heterocycles. The van der Waals surface area contributed by atoms with Crippen LogP contribution in [0, 0.1) is 12.7 Å². The molecule has 2 N–H and O–H groups in total. The fourth-order valence-electron chi connectivity index (χ4n) is 2.83. The minimum absolute atomic E-state index is 0.0732. The molecule has 0 unspecified atom stereocenters. The third kappa shape index (κ3) is 5.30. The van der Waals surface area contributed by atoms with Gasteiger partial charge >= 0.3 is 0 Å². The highest BCUT2D eigenvalue weighted by molar-refractivity contribution is 5.90. The molecule has 0 atom stereocenters. The fourth-order valence-corrected chi connectivity index (χ4v) is 2.83. The molecule has 0 spiro atoms. The molecule has 1 heterocycles. The Morgan fingerprint density at radius 1 is 1.17 bits per heavy atom. The van der Waals surface area contributed by atoms with Crippen molar-refractivity contribution < 1.29 is 19.0 Å². The molecule has 3 aromatic rings. The zero-order valence-corrected chi connectivity index (χ0v) is 15.9. The van der Waals surface area contributed by atoms with Crippen LogP contribution in [0.2, 0.25) is 0 Å². The minimum atomic E-state index is -0.464.